The summed E-state index contributed by atoms with van der Waals surface area (Å²) >= 11 is 0. The van der Waals surface area contributed by atoms with Crippen molar-refractivity contribution in [3.8, 4) is 23.0 Å². The van der Waals surface area contributed by atoms with E-state index in [-0.39, 0.29) is 18.6 Å². The smallest absolute Gasteiger partial charge is 0.231 e. The number of rotatable bonds is 3. The average molecular weight is 275 g/mol. The summed E-state index contributed by atoms with van der Waals surface area (Å²) in [6.45, 7) is 1.96. The van der Waals surface area contributed by atoms with Gasteiger partial charge in [0.2, 0.25) is 6.79 Å². The van der Waals surface area contributed by atoms with Crippen LogP contribution in [-0.4, -0.2) is 6.79 Å². The molecule has 5 heteroatoms. The molecule has 1 atom stereocenters. The van der Waals surface area contributed by atoms with Crippen molar-refractivity contribution in [1.29, 1.82) is 0 Å². The number of hydrogen-bond donors (Lipinski definition) is 1. The molecule has 0 radical (unpaired) electrons. The van der Waals surface area contributed by atoms with Gasteiger partial charge in [0.15, 0.2) is 23.1 Å². The van der Waals surface area contributed by atoms with Gasteiger partial charge in [-0.25, -0.2) is 4.39 Å². The van der Waals surface area contributed by atoms with E-state index in [1.54, 1.807) is 37.3 Å². The van der Waals surface area contributed by atoms with E-state index in [4.69, 9.17) is 19.9 Å². The van der Waals surface area contributed by atoms with Gasteiger partial charge in [0.25, 0.3) is 0 Å². The molecule has 20 heavy (non-hydrogen) atoms. The van der Waals surface area contributed by atoms with Gasteiger partial charge in [-0.15, -0.1) is 0 Å². The fourth-order valence-electron chi connectivity index (χ4n) is 2.05. The molecule has 0 aliphatic carbocycles. The zero-order valence-electron chi connectivity index (χ0n) is 10.9. The lowest BCUT2D eigenvalue weighted by Gasteiger charge is -2.14. The number of nitrogens with two attached hydrogens (primary N) is 1. The Balaban J connectivity index is 1.95. The Hall–Kier alpha value is -2.27. The molecule has 1 unspecified atom stereocenters. The van der Waals surface area contributed by atoms with Crippen molar-refractivity contribution >= 4 is 0 Å². The molecule has 1 aliphatic heterocycles. The molecule has 0 spiro atoms. The molecule has 1 aliphatic rings. The van der Waals surface area contributed by atoms with E-state index in [0.29, 0.717) is 22.8 Å². The molecule has 2 aromatic carbocycles. The zero-order valence-corrected chi connectivity index (χ0v) is 10.9. The zero-order chi connectivity index (χ0) is 14.1. The van der Waals surface area contributed by atoms with Crippen molar-refractivity contribution in [1.82, 2.24) is 0 Å². The molecule has 0 aromatic heterocycles. The average Bonchev–Trinajstić information content (AvgIpc) is 2.88. The first-order chi connectivity index (χ1) is 9.65. The third kappa shape index (κ3) is 2.28. The molecule has 0 fully saturated rings. The second-order valence-corrected chi connectivity index (χ2v) is 4.56. The summed E-state index contributed by atoms with van der Waals surface area (Å²) < 4.78 is 30.1. The summed E-state index contributed by atoms with van der Waals surface area (Å²) in [5.41, 5.74) is 6.45. The minimum Gasteiger partial charge on any atom is -0.454 e. The van der Waals surface area contributed by atoms with Crippen molar-refractivity contribution in [2.45, 2.75) is 13.0 Å². The number of fused-ring (bicyclic) bond motifs is 1. The van der Waals surface area contributed by atoms with E-state index in [1.165, 1.54) is 6.07 Å². The predicted octanol–water partition coefficient (Wildman–Crippen LogP) is 3.37. The fourth-order valence-corrected chi connectivity index (χ4v) is 2.05. The second kappa shape index (κ2) is 5.02. The molecule has 0 amide bonds. The van der Waals surface area contributed by atoms with Gasteiger partial charge in [0.05, 0.1) is 0 Å². The Kier molecular flexibility index (Phi) is 3.20. The third-order valence-electron chi connectivity index (χ3n) is 3.05. The minimum absolute atomic E-state index is 0.140. The van der Waals surface area contributed by atoms with Gasteiger partial charge in [-0.2, -0.15) is 0 Å². The van der Waals surface area contributed by atoms with Gasteiger partial charge in [0, 0.05) is 17.7 Å². The number of hydrogen-bond acceptors (Lipinski definition) is 4. The molecule has 3 rings (SSSR count). The lowest BCUT2D eigenvalue weighted by Crippen LogP contribution is -2.07. The summed E-state index contributed by atoms with van der Waals surface area (Å²) in [6, 6.07) is 9.47. The highest BCUT2D eigenvalue weighted by atomic mass is 19.1. The van der Waals surface area contributed by atoms with Crippen LogP contribution in [-0.2, 0) is 0 Å². The van der Waals surface area contributed by atoms with Gasteiger partial charge in [-0.3, -0.25) is 0 Å². The summed E-state index contributed by atoms with van der Waals surface area (Å²) in [5.74, 6) is 1.40. The molecule has 0 saturated heterocycles. The highest BCUT2D eigenvalue weighted by Gasteiger charge is 2.17. The molecule has 2 aromatic rings. The molecule has 2 N–H and O–H groups in total. The van der Waals surface area contributed by atoms with Gasteiger partial charge < -0.3 is 19.9 Å². The van der Waals surface area contributed by atoms with Crippen molar-refractivity contribution in [3.05, 3.63) is 47.8 Å². The van der Waals surface area contributed by atoms with E-state index < -0.39 is 5.82 Å². The van der Waals surface area contributed by atoms with Crippen molar-refractivity contribution in [2.24, 2.45) is 5.73 Å². The summed E-state index contributed by atoms with van der Waals surface area (Å²) in [7, 11) is 0. The summed E-state index contributed by atoms with van der Waals surface area (Å²) in [4.78, 5) is 0. The topological polar surface area (TPSA) is 53.7 Å². The Morgan fingerprint density at radius 1 is 1.20 bits per heavy atom. The van der Waals surface area contributed by atoms with Crippen LogP contribution in [0, 0.1) is 5.82 Å². The molecule has 1 heterocycles. The quantitative estimate of drug-likeness (QED) is 0.933. The first-order valence-corrected chi connectivity index (χ1v) is 6.26. The van der Waals surface area contributed by atoms with Crippen LogP contribution < -0.4 is 19.9 Å². The highest BCUT2D eigenvalue weighted by molar-refractivity contribution is 5.49. The van der Waals surface area contributed by atoms with Crippen LogP contribution in [0.15, 0.2) is 36.4 Å². The van der Waals surface area contributed by atoms with Crippen LogP contribution in [0.25, 0.3) is 0 Å². The predicted molar refractivity (Wildman–Crippen MR) is 71.6 cm³/mol. The van der Waals surface area contributed by atoms with Crippen LogP contribution in [0.1, 0.15) is 18.5 Å². The maximum Gasteiger partial charge on any atom is 0.231 e. The Bertz CT molecular complexity index is 643. The SMILES string of the molecule is CC(N)c1cccc(F)c1Oc1ccc2c(c1)OCO2. The second-order valence-electron chi connectivity index (χ2n) is 4.56. The molecule has 4 nitrogen and oxygen atoms in total. The van der Waals surface area contributed by atoms with Crippen LogP contribution in [0.4, 0.5) is 4.39 Å². The van der Waals surface area contributed by atoms with Gasteiger partial charge >= 0.3 is 0 Å². The standard InChI is InChI=1S/C15H14FNO3/c1-9(17)11-3-2-4-12(16)15(11)20-10-5-6-13-14(7-10)19-8-18-13/h2-7,9H,8,17H2,1H3. The molecule has 0 bridgehead atoms. The maximum atomic E-state index is 13.9. The van der Waals surface area contributed by atoms with Crippen molar-refractivity contribution < 1.29 is 18.6 Å². The first kappa shape index (κ1) is 12.7. The first-order valence-electron chi connectivity index (χ1n) is 6.26. The lowest BCUT2D eigenvalue weighted by atomic mass is 10.1. The monoisotopic (exact) mass is 275 g/mol. The normalized spacial score (nSPS) is 14.2. The fraction of sp³-hybridized carbons (Fsp3) is 0.200. The van der Waals surface area contributed by atoms with Crippen molar-refractivity contribution in [3.63, 3.8) is 0 Å². The molecule has 0 saturated carbocycles. The summed E-state index contributed by atoms with van der Waals surface area (Å²) in [5, 5.41) is 0. The van der Waals surface area contributed by atoms with Gasteiger partial charge in [0.1, 0.15) is 5.75 Å². The molecule has 104 valence electrons. The Morgan fingerprint density at radius 3 is 2.80 bits per heavy atom. The van der Waals surface area contributed by atoms with E-state index in [1.807, 2.05) is 0 Å². The van der Waals surface area contributed by atoms with E-state index in [0.717, 1.165) is 0 Å². The van der Waals surface area contributed by atoms with E-state index in [2.05, 4.69) is 0 Å². The van der Waals surface area contributed by atoms with Crippen molar-refractivity contribution in [2.75, 3.05) is 6.79 Å². The Morgan fingerprint density at radius 2 is 2.00 bits per heavy atom. The van der Waals surface area contributed by atoms with Crippen LogP contribution in [0.3, 0.4) is 0 Å². The number of halogens is 1. The Labute approximate surface area is 115 Å². The number of para-hydroxylation sites is 1. The molecular weight excluding hydrogens is 261 g/mol. The lowest BCUT2D eigenvalue weighted by molar-refractivity contribution is 0.174. The van der Waals surface area contributed by atoms with Crippen LogP contribution in [0.5, 0.6) is 23.0 Å². The third-order valence-corrected chi connectivity index (χ3v) is 3.05. The number of ether oxygens (including phenoxy) is 3. The van der Waals surface area contributed by atoms with Gasteiger partial charge in [-0.05, 0) is 25.1 Å². The maximum absolute atomic E-state index is 13.9. The van der Waals surface area contributed by atoms with Gasteiger partial charge in [-0.1, -0.05) is 12.1 Å². The van der Waals surface area contributed by atoms with Crippen LogP contribution in [0.2, 0.25) is 0 Å². The minimum atomic E-state index is -0.447. The largest absolute Gasteiger partial charge is 0.454 e. The van der Waals surface area contributed by atoms with E-state index in [9.17, 15) is 4.39 Å². The summed E-state index contributed by atoms with van der Waals surface area (Å²) in [6.07, 6.45) is 0. The highest BCUT2D eigenvalue weighted by Crippen LogP contribution is 2.38. The number of benzene rings is 2. The molecular formula is C15H14FNO3. The van der Waals surface area contributed by atoms with Crippen LogP contribution >= 0.6 is 0 Å². The van der Waals surface area contributed by atoms with E-state index >= 15 is 0 Å².